The lowest BCUT2D eigenvalue weighted by Crippen LogP contribution is -2.31. The molecular weight excluding hydrogens is 392 g/mol. The lowest BCUT2D eigenvalue weighted by atomic mass is 10.1. The van der Waals surface area contributed by atoms with Gasteiger partial charge >= 0.3 is 0 Å². The fourth-order valence-corrected chi connectivity index (χ4v) is 2.64. The van der Waals surface area contributed by atoms with Crippen molar-refractivity contribution in [1.82, 2.24) is 25.1 Å². The molecule has 1 atom stereocenters. The highest BCUT2D eigenvalue weighted by Gasteiger charge is 2.12. The van der Waals surface area contributed by atoms with E-state index in [0.717, 1.165) is 0 Å². The standard InChI is InChI=1S/C19H15ClN8O/c1-12(8-22)25-18(29)14-4-2-13(3-5-14)17-16(20)10-23-19(27-17)26-15-9-24-28(11-15)7-6-21/h2-5,9-12H,7H2,1H3,(H,25,29)(H,23,26,27)/t12-/m0/s1. The minimum Gasteiger partial charge on any atom is -0.337 e. The van der Waals surface area contributed by atoms with Gasteiger partial charge in [0.1, 0.15) is 12.6 Å². The van der Waals surface area contributed by atoms with E-state index in [-0.39, 0.29) is 12.5 Å². The molecule has 9 nitrogen and oxygen atoms in total. The van der Waals surface area contributed by atoms with Crippen molar-refractivity contribution < 1.29 is 4.79 Å². The number of rotatable bonds is 6. The van der Waals surface area contributed by atoms with Gasteiger partial charge in [0.25, 0.3) is 5.91 Å². The average molecular weight is 407 g/mol. The maximum atomic E-state index is 12.1. The summed E-state index contributed by atoms with van der Waals surface area (Å²) in [5.74, 6) is -0.0262. The minimum absolute atomic E-state index is 0.140. The van der Waals surface area contributed by atoms with Gasteiger partial charge in [-0.25, -0.2) is 9.97 Å². The third kappa shape index (κ3) is 4.86. The summed E-state index contributed by atoms with van der Waals surface area (Å²) in [7, 11) is 0. The number of nitrogens with zero attached hydrogens (tertiary/aromatic N) is 6. The van der Waals surface area contributed by atoms with Gasteiger partial charge in [0.05, 0.1) is 40.9 Å². The fraction of sp³-hybridized carbons (Fsp3) is 0.158. The van der Waals surface area contributed by atoms with Gasteiger partial charge in [0, 0.05) is 17.3 Å². The molecule has 0 saturated heterocycles. The smallest absolute Gasteiger partial charge is 0.252 e. The molecule has 0 spiro atoms. The summed E-state index contributed by atoms with van der Waals surface area (Å²) in [6.07, 6.45) is 4.70. The van der Waals surface area contributed by atoms with Crippen LogP contribution in [0.3, 0.4) is 0 Å². The van der Waals surface area contributed by atoms with E-state index < -0.39 is 6.04 Å². The Bertz CT molecular complexity index is 1110. The minimum atomic E-state index is -0.579. The van der Waals surface area contributed by atoms with Crippen molar-refractivity contribution in [2.45, 2.75) is 19.5 Å². The highest BCUT2D eigenvalue weighted by atomic mass is 35.5. The predicted octanol–water partition coefficient (Wildman–Crippen LogP) is 2.90. The van der Waals surface area contributed by atoms with Crippen LogP contribution in [-0.2, 0) is 6.54 Å². The number of amides is 1. The fourth-order valence-electron chi connectivity index (χ4n) is 2.44. The van der Waals surface area contributed by atoms with Crippen LogP contribution in [-0.4, -0.2) is 31.7 Å². The second-order valence-electron chi connectivity index (χ2n) is 6.00. The van der Waals surface area contributed by atoms with E-state index in [1.54, 1.807) is 43.6 Å². The molecule has 0 radical (unpaired) electrons. The van der Waals surface area contributed by atoms with Crippen molar-refractivity contribution in [2.24, 2.45) is 0 Å². The molecule has 3 aromatic rings. The summed E-state index contributed by atoms with van der Waals surface area (Å²) in [5.41, 5.74) is 2.24. The number of anilines is 2. The number of carbonyl (C=O) groups is 1. The van der Waals surface area contributed by atoms with E-state index in [9.17, 15) is 4.79 Å². The zero-order valence-corrected chi connectivity index (χ0v) is 16.1. The summed E-state index contributed by atoms with van der Waals surface area (Å²) in [5, 5.41) is 27.5. The molecule has 0 fully saturated rings. The lowest BCUT2D eigenvalue weighted by molar-refractivity contribution is 0.0948. The van der Waals surface area contributed by atoms with Gasteiger partial charge < -0.3 is 10.6 Å². The summed E-state index contributed by atoms with van der Waals surface area (Å²) < 4.78 is 1.48. The molecule has 10 heteroatoms. The Morgan fingerprint density at radius 3 is 2.72 bits per heavy atom. The SMILES string of the molecule is C[C@@H](C#N)NC(=O)c1ccc(-c2nc(Nc3cnn(CC#N)c3)ncc2Cl)cc1. The van der Waals surface area contributed by atoms with Gasteiger partial charge in [0.15, 0.2) is 0 Å². The van der Waals surface area contributed by atoms with E-state index >= 15 is 0 Å². The topological polar surface area (TPSA) is 132 Å². The number of hydrogen-bond donors (Lipinski definition) is 2. The van der Waals surface area contributed by atoms with Crippen molar-refractivity contribution in [3.05, 3.63) is 53.4 Å². The van der Waals surface area contributed by atoms with Crippen molar-refractivity contribution in [1.29, 1.82) is 10.5 Å². The molecular formula is C19H15ClN8O. The molecule has 2 heterocycles. The van der Waals surface area contributed by atoms with Gasteiger partial charge in [0.2, 0.25) is 5.95 Å². The lowest BCUT2D eigenvalue weighted by Gasteiger charge is -2.09. The second kappa shape index (κ2) is 8.83. The Morgan fingerprint density at radius 1 is 1.28 bits per heavy atom. The van der Waals surface area contributed by atoms with Gasteiger partial charge in [-0.3, -0.25) is 9.48 Å². The highest BCUT2D eigenvalue weighted by molar-refractivity contribution is 6.32. The molecule has 0 bridgehead atoms. The first-order chi connectivity index (χ1) is 14.0. The van der Waals surface area contributed by atoms with E-state index in [0.29, 0.717) is 33.5 Å². The molecule has 2 N–H and O–H groups in total. The number of carbonyl (C=O) groups excluding carboxylic acids is 1. The van der Waals surface area contributed by atoms with Crippen LogP contribution >= 0.6 is 11.6 Å². The molecule has 1 amide bonds. The van der Waals surface area contributed by atoms with E-state index in [2.05, 4.69) is 25.7 Å². The Balaban J connectivity index is 1.79. The average Bonchev–Trinajstić information content (AvgIpc) is 3.16. The predicted molar refractivity (Wildman–Crippen MR) is 106 cm³/mol. The molecule has 0 saturated carbocycles. The summed E-state index contributed by atoms with van der Waals surface area (Å²) in [6, 6.07) is 10.1. The highest BCUT2D eigenvalue weighted by Crippen LogP contribution is 2.27. The van der Waals surface area contributed by atoms with Crippen molar-refractivity contribution in [3.8, 4) is 23.4 Å². The molecule has 1 aromatic carbocycles. The molecule has 0 aliphatic heterocycles. The number of nitriles is 2. The van der Waals surface area contributed by atoms with Crippen LogP contribution in [0.15, 0.2) is 42.9 Å². The normalized spacial score (nSPS) is 11.2. The number of halogens is 1. The van der Waals surface area contributed by atoms with Crippen LogP contribution in [0.5, 0.6) is 0 Å². The van der Waals surface area contributed by atoms with E-state index in [1.165, 1.54) is 10.9 Å². The molecule has 3 rings (SSSR count). The van der Waals surface area contributed by atoms with Crippen LogP contribution in [0.4, 0.5) is 11.6 Å². The number of benzene rings is 1. The Labute approximate surface area is 171 Å². The summed E-state index contributed by atoms with van der Waals surface area (Å²) >= 11 is 6.25. The van der Waals surface area contributed by atoms with Gasteiger partial charge in [-0.05, 0) is 19.1 Å². The zero-order valence-electron chi connectivity index (χ0n) is 15.3. The molecule has 2 aromatic heterocycles. The third-order valence-electron chi connectivity index (χ3n) is 3.83. The van der Waals surface area contributed by atoms with Crippen LogP contribution in [0, 0.1) is 22.7 Å². The quantitative estimate of drug-likeness (QED) is 0.642. The Hall–Kier alpha value is -3.95. The van der Waals surface area contributed by atoms with Crippen LogP contribution in [0.1, 0.15) is 17.3 Å². The number of aromatic nitrogens is 4. The molecule has 0 aliphatic carbocycles. The van der Waals surface area contributed by atoms with Crippen LogP contribution in [0.2, 0.25) is 5.02 Å². The molecule has 144 valence electrons. The molecule has 0 aliphatic rings. The zero-order chi connectivity index (χ0) is 20.8. The van der Waals surface area contributed by atoms with E-state index in [4.69, 9.17) is 22.1 Å². The Kier molecular flexibility index (Phi) is 6.03. The number of nitrogens with one attached hydrogen (secondary N) is 2. The van der Waals surface area contributed by atoms with Crippen molar-refractivity contribution in [3.63, 3.8) is 0 Å². The molecule has 0 unspecified atom stereocenters. The summed E-state index contributed by atoms with van der Waals surface area (Å²) in [4.78, 5) is 20.7. The monoisotopic (exact) mass is 406 g/mol. The van der Waals surface area contributed by atoms with Gasteiger partial charge in [-0.2, -0.15) is 15.6 Å². The van der Waals surface area contributed by atoms with Gasteiger partial charge in [-0.15, -0.1) is 0 Å². The number of hydrogen-bond acceptors (Lipinski definition) is 7. The first-order valence-electron chi connectivity index (χ1n) is 8.50. The Morgan fingerprint density at radius 2 is 2.03 bits per heavy atom. The van der Waals surface area contributed by atoms with Crippen LogP contribution in [0.25, 0.3) is 11.3 Å². The first-order valence-corrected chi connectivity index (χ1v) is 8.88. The maximum Gasteiger partial charge on any atom is 0.252 e. The summed E-state index contributed by atoms with van der Waals surface area (Å²) in [6.45, 7) is 1.74. The maximum absolute atomic E-state index is 12.1. The second-order valence-corrected chi connectivity index (χ2v) is 6.41. The largest absolute Gasteiger partial charge is 0.337 e. The van der Waals surface area contributed by atoms with Crippen LogP contribution < -0.4 is 10.6 Å². The van der Waals surface area contributed by atoms with Crippen molar-refractivity contribution >= 4 is 29.1 Å². The molecule has 29 heavy (non-hydrogen) atoms. The first kappa shape index (κ1) is 19.8. The van der Waals surface area contributed by atoms with E-state index in [1.807, 2.05) is 12.1 Å². The van der Waals surface area contributed by atoms with Gasteiger partial charge in [-0.1, -0.05) is 23.7 Å². The third-order valence-corrected chi connectivity index (χ3v) is 4.10. The van der Waals surface area contributed by atoms with Crippen molar-refractivity contribution in [2.75, 3.05) is 5.32 Å².